The van der Waals surface area contributed by atoms with Crippen molar-refractivity contribution >= 4 is 0 Å². The van der Waals surface area contributed by atoms with Gasteiger partial charge in [-0.3, -0.25) is 0 Å². The van der Waals surface area contributed by atoms with Gasteiger partial charge < -0.3 is 0 Å². The van der Waals surface area contributed by atoms with E-state index in [9.17, 15) is 0 Å². The van der Waals surface area contributed by atoms with Crippen molar-refractivity contribution < 1.29 is 0 Å². The molecule has 0 heterocycles. The standard InChI is InChI=1S/C16H26/c1-3-5-7-9-11-13-15-16-14-12-10-8-6-4-2/h3-8,13-16H2,1-2H3. The van der Waals surface area contributed by atoms with Gasteiger partial charge in [0.05, 0.1) is 0 Å². The van der Waals surface area contributed by atoms with Gasteiger partial charge in [-0.1, -0.05) is 26.7 Å². The maximum absolute atomic E-state index is 3.23. The van der Waals surface area contributed by atoms with Gasteiger partial charge in [0.2, 0.25) is 0 Å². The van der Waals surface area contributed by atoms with Crippen molar-refractivity contribution in [3.05, 3.63) is 0 Å². The fraction of sp³-hybridized carbons (Fsp3) is 0.750. The van der Waals surface area contributed by atoms with E-state index in [4.69, 9.17) is 0 Å². The van der Waals surface area contributed by atoms with Crippen LogP contribution < -0.4 is 0 Å². The van der Waals surface area contributed by atoms with Crippen LogP contribution >= 0.6 is 0 Å². The molecule has 0 aromatic rings. The first kappa shape index (κ1) is 15.1. The Bertz CT molecular complexity index is 213. The molecule has 0 unspecified atom stereocenters. The summed E-state index contributed by atoms with van der Waals surface area (Å²) in [5.41, 5.74) is 0. The van der Waals surface area contributed by atoms with Gasteiger partial charge in [-0.05, 0) is 25.7 Å². The van der Waals surface area contributed by atoms with E-state index in [0.29, 0.717) is 0 Å². The van der Waals surface area contributed by atoms with Crippen LogP contribution in [0.1, 0.15) is 78.1 Å². The molecule has 16 heavy (non-hydrogen) atoms. The van der Waals surface area contributed by atoms with E-state index in [0.717, 1.165) is 25.7 Å². The molecule has 0 aliphatic carbocycles. The average Bonchev–Trinajstić information content (AvgIpc) is 2.31. The Hall–Kier alpha value is -0.880. The molecule has 0 radical (unpaired) electrons. The van der Waals surface area contributed by atoms with Gasteiger partial charge in [0.1, 0.15) is 0 Å². The lowest BCUT2D eigenvalue weighted by atomic mass is 10.2. The minimum absolute atomic E-state index is 1.06. The topological polar surface area (TPSA) is 0 Å². The Morgan fingerprint density at radius 1 is 0.500 bits per heavy atom. The highest BCUT2D eigenvalue weighted by Crippen LogP contribution is 1.99. The van der Waals surface area contributed by atoms with Crippen molar-refractivity contribution in [1.82, 2.24) is 0 Å². The SMILES string of the molecule is CCCCC#CCCCCC#CCCCC. The summed E-state index contributed by atoms with van der Waals surface area (Å²) in [5, 5.41) is 0. The zero-order valence-corrected chi connectivity index (χ0v) is 11.1. The van der Waals surface area contributed by atoms with Gasteiger partial charge in [-0.15, -0.1) is 23.7 Å². The molecule has 0 aromatic heterocycles. The summed E-state index contributed by atoms with van der Waals surface area (Å²) in [7, 11) is 0. The first-order valence-corrected chi connectivity index (χ1v) is 6.83. The Kier molecular flexibility index (Phi) is 13.3. The van der Waals surface area contributed by atoms with Gasteiger partial charge in [0, 0.05) is 25.7 Å². The third-order valence-electron chi connectivity index (χ3n) is 2.41. The Labute approximate surface area is 102 Å². The zero-order chi connectivity index (χ0) is 11.9. The van der Waals surface area contributed by atoms with Crippen LogP contribution in [0.3, 0.4) is 0 Å². The summed E-state index contributed by atoms with van der Waals surface area (Å²) in [6, 6.07) is 0. The molecule has 0 saturated heterocycles. The molecule has 0 spiro atoms. The minimum atomic E-state index is 1.06. The van der Waals surface area contributed by atoms with Crippen LogP contribution in [0.4, 0.5) is 0 Å². The van der Waals surface area contributed by atoms with E-state index >= 15 is 0 Å². The minimum Gasteiger partial charge on any atom is -0.103 e. The molecule has 0 fully saturated rings. The maximum atomic E-state index is 3.23. The number of hydrogen-bond donors (Lipinski definition) is 0. The molecule has 0 atom stereocenters. The second-order valence-corrected chi connectivity index (χ2v) is 4.12. The van der Waals surface area contributed by atoms with E-state index in [1.165, 1.54) is 38.5 Å². The molecule has 0 aromatic carbocycles. The van der Waals surface area contributed by atoms with E-state index in [1.54, 1.807) is 0 Å². The quantitative estimate of drug-likeness (QED) is 0.419. The predicted molar refractivity (Wildman–Crippen MR) is 73.1 cm³/mol. The van der Waals surface area contributed by atoms with Crippen LogP contribution in [-0.4, -0.2) is 0 Å². The molecule has 0 amide bonds. The van der Waals surface area contributed by atoms with Crippen LogP contribution in [0.2, 0.25) is 0 Å². The fourth-order valence-corrected chi connectivity index (χ4v) is 1.31. The van der Waals surface area contributed by atoms with Crippen molar-refractivity contribution in [3.63, 3.8) is 0 Å². The van der Waals surface area contributed by atoms with Crippen LogP contribution in [0.15, 0.2) is 0 Å². The number of unbranched alkanes of at least 4 members (excludes halogenated alkanes) is 7. The Balaban J connectivity index is 3.18. The molecule has 0 heteroatoms. The normalized spacial score (nSPS) is 8.88. The van der Waals surface area contributed by atoms with Crippen LogP contribution in [0.25, 0.3) is 0 Å². The first-order valence-electron chi connectivity index (χ1n) is 6.83. The van der Waals surface area contributed by atoms with Crippen LogP contribution in [0.5, 0.6) is 0 Å². The summed E-state index contributed by atoms with van der Waals surface area (Å²) in [6.07, 6.45) is 11.7. The first-order chi connectivity index (χ1) is 7.91. The van der Waals surface area contributed by atoms with Crippen molar-refractivity contribution in [1.29, 1.82) is 0 Å². The lowest BCUT2D eigenvalue weighted by molar-refractivity contribution is 0.777. The van der Waals surface area contributed by atoms with Crippen molar-refractivity contribution in [2.75, 3.05) is 0 Å². The van der Waals surface area contributed by atoms with E-state index in [2.05, 4.69) is 37.5 Å². The number of rotatable bonds is 7. The maximum Gasteiger partial charge on any atom is 0.00890 e. The third-order valence-corrected chi connectivity index (χ3v) is 2.41. The zero-order valence-electron chi connectivity index (χ0n) is 11.1. The average molecular weight is 218 g/mol. The summed E-state index contributed by atoms with van der Waals surface area (Å²) >= 11 is 0. The molecule has 90 valence electrons. The van der Waals surface area contributed by atoms with E-state index in [1.807, 2.05) is 0 Å². The lowest BCUT2D eigenvalue weighted by Crippen LogP contribution is -1.74. The van der Waals surface area contributed by atoms with E-state index < -0.39 is 0 Å². The fourth-order valence-electron chi connectivity index (χ4n) is 1.31. The molecule has 0 bridgehead atoms. The van der Waals surface area contributed by atoms with Gasteiger partial charge >= 0.3 is 0 Å². The van der Waals surface area contributed by atoms with Gasteiger partial charge in [-0.2, -0.15) is 0 Å². The van der Waals surface area contributed by atoms with Gasteiger partial charge in [-0.25, -0.2) is 0 Å². The monoisotopic (exact) mass is 218 g/mol. The molecular weight excluding hydrogens is 192 g/mol. The summed E-state index contributed by atoms with van der Waals surface area (Å²) < 4.78 is 0. The Morgan fingerprint density at radius 2 is 0.812 bits per heavy atom. The summed E-state index contributed by atoms with van der Waals surface area (Å²) in [5.74, 6) is 12.9. The van der Waals surface area contributed by atoms with Crippen molar-refractivity contribution in [2.45, 2.75) is 78.1 Å². The van der Waals surface area contributed by atoms with Gasteiger partial charge in [0.25, 0.3) is 0 Å². The largest absolute Gasteiger partial charge is 0.103 e. The molecule has 0 aliphatic rings. The molecule has 0 nitrogen and oxygen atoms in total. The molecule has 0 N–H and O–H groups in total. The van der Waals surface area contributed by atoms with Gasteiger partial charge in [0.15, 0.2) is 0 Å². The highest BCUT2D eigenvalue weighted by molar-refractivity contribution is 5.00. The van der Waals surface area contributed by atoms with Crippen molar-refractivity contribution in [3.8, 4) is 23.7 Å². The number of hydrogen-bond acceptors (Lipinski definition) is 0. The second-order valence-electron chi connectivity index (χ2n) is 4.12. The highest BCUT2D eigenvalue weighted by Gasteiger charge is 1.83. The van der Waals surface area contributed by atoms with Crippen LogP contribution in [0, 0.1) is 23.7 Å². The molecular formula is C16H26. The van der Waals surface area contributed by atoms with Crippen molar-refractivity contribution in [2.24, 2.45) is 0 Å². The summed E-state index contributed by atoms with van der Waals surface area (Å²) in [4.78, 5) is 0. The molecule has 0 saturated carbocycles. The highest BCUT2D eigenvalue weighted by atomic mass is 13.9. The smallest absolute Gasteiger partial charge is 0.00890 e. The molecule has 0 rings (SSSR count). The predicted octanol–water partition coefficient (Wildman–Crippen LogP) is 4.93. The second kappa shape index (κ2) is 14.1. The lowest BCUT2D eigenvalue weighted by Gasteiger charge is -1.90. The van der Waals surface area contributed by atoms with E-state index in [-0.39, 0.29) is 0 Å². The molecule has 0 aliphatic heterocycles. The Morgan fingerprint density at radius 3 is 1.12 bits per heavy atom. The summed E-state index contributed by atoms with van der Waals surface area (Å²) in [6.45, 7) is 4.41. The van der Waals surface area contributed by atoms with Crippen LogP contribution in [-0.2, 0) is 0 Å². The third kappa shape index (κ3) is 13.1.